The molecule has 1 aromatic rings. The number of hydrogen-bond acceptors (Lipinski definition) is 9. The molecule has 0 aliphatic heterocycles. The van der Waals surface area contributed by atoms with Gasteiger partial charge in [-0.15, -0.1) is 0 Å². The smallest absolute Gasteiger partial charge is 0.328 e. The second-order valence-corrected chi connectivity index (χ2v) is 8.19. The minimum Gasteiger partial charge on any atom is -0.508 e. The third kappa shape index (κ3) is 10.9. The normalized spacial score (nSPS) is 14.8. The van der Waals surface area contributed by atoms with Crippen LogP contribution in [0.25, 0.3) is 0 Å². The average molecular weight is 526 g/mol. The lowest BCUT2D eigenvalue weighted by Gasteiger charge is -2.25. The summed E-state index contributed by atoms with van der Waals surface area (Å²) in [6.07, 6.45) is -3.60. The summed E-state index contributed by atoms with van der Waals surface area (Å²) in [6, 6.07) is -0.595. The van der Waals surface area contributed by atoms with E-state index >= 15 is 0 Å². The highest BCUT2D eigenvalue weighted by Gasteiger charge is 2.33. The van der Waals surface area contributed by atoms with Gasteiger partial charge in [0.05, 0.1) is 18.6 Å². The van der Waals surface area contributed by atoms with Crippen molar-refractivity contribution < 1.29 is 54.3 Å². The van der Waals surface area contributed by atoms with Gasteiger partial charge in [-0.1, -0.05) is 12.1 Å². The number of phenolic OH excluding ortho intramolecular Hbond substituents is 1. The number of hydrogen-bond donors (Lipinski definition) is 9. The van der Waals surface area contributed by atoms with Crippen molar-refractivity contribution in [1.29, 1.82) is 0 Å². The van der Waals surface area contributed by atoms with Crippen molar-refractivity contribution in [3.8, 4) is 5.75 Å². The predicted molar refractivity (Wildman–Crippen MR) is 124 cm³/mol. The van der Waals surface area contributed by atoms with Crippen LogP contribution < -0.4 is 21.7 Å². The van der Waals surface area contributed by atoms with Gasteiger partial charge in [0.1, 0.15) is 17.8 Å². The Morgan fingerprint density at radius 1 is 0.838 bits per heavy atom. The number of aliphatic hydroxyl groups is 1. The van der Waals surface area contributed by atoms with Crippen LogP contribution in [0.1, 0.15) is 31.7 Å². The van der Waals surface area contributed by atoms with E-state index in [1.54, 1.807) is 0 Å². The van der Waals surface area contributed by atoms with Crippen molar-refractivity contribution in [3.63, 3.8) is 0 Å². The van der Waals surface area contributed by atoms with E-state index in [9.17, 15) is 39.0 Å². The fourth-order valence-corrected chi connectivity index (χ4v) is 3.09. The highest BCUT2D eigenvalue weighted by atomic mass is 16.4. The van der Waals surface area contributed by atoms with Crippen molar-refractivity contribution in [3.05, 3.63) is 29.8 Å². The highest BCUT2D eigenvalue weighted by molar-refractivity contribution is 5.95. The Labute approximate surface area is 210 Å². The number of amides is 3. The largest absolute Gasteiger partial charge is 0.508 e. The second-order valence-electron chi connectivity index (χ2n) is 8.19. The Balaban J connectivity index is 3.00. The molecular formula is C22H30N4O11. The van der Waals surface area contributed by atoms with Crippen LogP contribution in [-0.2, 0) is 35.2 Å². The zero-order chi connectivity index (χ0) is 28.3. The van der Waals surface area contributed by atoms with Gasteiger partial charge in [-0.3, -0.25) is 24.0 Å². The molecule has 0 aliphatic carbocycles. The lowest BCUT2D eigenvalue weighted by atomic mass is 10.0. The van der Waals surface area contributed by atoms with E-state index in [2.05, 4.69) is 10.6 Å². The van der Waals surface area contributed by atoms with Crippen LogP contribution in [0.5, 0.6) is 5.75 Å². The monoisotopic (exact) mass is 526 g/mol. The number of carbonyl (C=O) groups excluding carboxylic acids is 3. The summed E-state index contributed by atoms with van der Waals surface area (Å²) < 4.78 is 0. The van der Waals surface area contributed by atoms with Crippen molar-refractivity contribution in [2.45, 2.75) is 62.9 Å². The van der Waals surface area contributed by atoms with Crippen LogP contribution in [0.2, 0.25) is 0 Å². The maximum atomic E-state index is 12.8. The molecule has 5 unspecified atom stereocenters. The van der Waals surface area contributed by atoms with Gasteiger partial charge in [0.25, 0.3) is 0 Å². The molecule has 0 bridgehead atoms. The zero-order valence-corrected chi connectivity index (χ0v) is 19.8. The van der Waals surface area contributed by atoms with E-state index in [4.69, 9.17) is 21.1 Å². The van der Waals surface area contributed by atoms with Gasteiger partial charge in [-0.2, -0.15) is 0 Å². The first-order chi connectivity index (χ1) is 17.2. The number of benzene rings is 1. The lowest BCUT2D eigenvalue weighted by molar-refractivity contribution is -0.146. The fourth-order valence-electron chi connectivity index (χ4n) is 3.09. The molecule has 1 aromatic carbocycles. The Hall–Kier alpha value is -4.24. The van der Waals surface area contributed by atoms with Crippen molar-refractivity contribution in [2.75, 3.05) is 0 Å². The third-order valence-electron chi connectivity index (χ3n) is 5.07. The molecule has 0 fully saturated rings. The van der Waals surface area contributed by atoms with Crippen LogP contribution in [0.4, 0.5) is 0 Å². The third-order valence-corrected chi connectivity index (χ3v) is 5.07. The van der Waals surface area contributed by atoms with E-state index in [1.165, 1.54) is 24.3 Å². The van der Waals surface area contributed by atoms with Crippen LogP contribution >= 0.6 is 0 Å². The number of nitrogens with one attached hydrogen (secondary N) is 3. The molecule has 0 heterocycles. The van der Waals surface area contributed by atoms with E-state index in [0.717, 1.165) is 6.92 Å². The summed E-state index contributed by atoms with van der Waals surface area (Å²) >= 11 is 0. The lowest BCUT2D eigenvalue weighted by Crippen LogP contribution is -2.58. The van der Waals surface area contributed by atoms with Gasteiger partial charge in [0.2, 0.25) is 17.7 Å². The molecule has 0 saturated heterocycles. The molecule has 0 spiro atoms. The molecule has 0 aromatic heterocycles. The van der Waals surface area contributed by atoms with Gasteiger partial charge in [-0.25, -0.2) is 4.79 Å². The zero-order valence-electron chi connectivity index (χ0n) is 19.8. The average Bonchev–Trinajstić information content (AvgIpc) is 2.79. The Morgan fingerprint density at radius 2 is 1.38 bits per heavy atom. The number of carboxylic acids is 3. The van der Waals surface area contributed by atoms with E-state index in [0.29, 0.717) is 5.56 Å². The molecule has 0 aliphatic rings. The Morgan fingerprint density at radius 3 is 1.86 bits per heavy atom. The Bertz CT molecular complexity index is 997. The molecule has 1 rings (SSSR count). The number of aliphatic carboxylic acids is 3. The number of aliphatic hydroxyl groups excluding tert-OH is 1. The first-order valence-electron chi connectivity index (χ1n) is 11.0. The van der Waals surface area contributed by atoms with Crippen LogP contribution in [-0.4, -0.2) is 91.4 Å². The summed E-state index contributed by atoms with van der Waals surface area (Å²) in [4.78, 5) is 71.4. The number of carboxylic acid groups (broad SMARTS) is 3. The molecule has 5 atom stereocenters. The molecule has 37 heavy (non-hydrogen) atoms. The highest BCUT2D eigenvalue weighted by Crippen LogP contribution is 2.11. The topological polar surface area (TPSA) is 266 Å². The summed E-state index contributed by atoms with van der Waals surface area (Å²) in [7, 11) is 0. The van der Waals surface area contributed by atoms with E-state index < -0.39 is 85.2 Å². The SMILES string of the molecule is CC(O)C(NC(=O)C(CCC(=O)O)NC(=O)C(CC(=O)O)NC(=O)C(N)Cc1ccc(O)cc1)C(=O)O. The van der Waals surface area contributed by atoms with Crippen LogP contribution in [0, 0.1) is 0 Å². The number of aromatic hydroxyl groups is 1. The van der Waals surface area contributed by atoms with E-state index in [1.807, 2.05) is 5.32 Å². The minimum absolute atomic E-state index is 0.00965. The van der Waals surface area contributed by atoms with Gasteiger partial charge >= 0.3 is 17.9 Å². The Kier molecular flexibility index (Phi) is 11.9. The van der Waals surface area contributed by atoms with Crippen molar-refractivity contribution >= 4 is 35.6 Å². The van der Waals surface area contributed by atoms with Crippen molar-refractivity contribution in [1.82, 2.24) is 16.0 Å². The molecule has 0 saturated carbocycles. The second kappa shape index (κ2) is 14.4. The minimum atomic E-state index is -1.77. The van der Waals surface area contributed by atoms with Gasteiger partial charge in [0.15, 0.2) is 6.04 Å². The molecule has 3 amide bonds. The van der Waals surface area contributed by atoms with Gasteiger partial charge < -0.3 is 47.2 Å². The summed E-state index contributed by atoms with van der Waals surface area (Å²) in [5, 5.41) is 52.4. The molecule has 10 N–H and O–H groups in total. The summed E-state index contributed by atoms with van der Waals surface area (Å²) in [6.45, 7) is 1.09. The maximum Gasteiger partial charge on any atom is 0.328 e. The summed E-state index contributed by atoms with van der Waals surface area (Å²) in [5.74, 6) is -7.64. The van der Waals surface area contributed by atoms with E-state index in [-0.39, 0.29) is 12.2 Å². The van der Waals surface area contributed by atoms with Crippen LogP contribution in [0.3, 0.4) is 0 Å². The van der Waals surface area contributed by atoms with Crippen LogP contribution in [0.15, 0.2) is 24.3 Å². The fraction of sp³-hybridized carbons (Fsp3) is 0.455. The van der Waals surface area contributed by atoms with Gasteiger partial charge in [0, 0.05) is 6.42 Å². The molecule has 204 valence electrons. The molecule has 15 nitrogen and oxygen atoms in total. The summed E-state index contributed by atoms with van der Waals surface area (Å²) in [5.41, 5.74) is 6.41. The maximum absolute atomic E-state index is 12.8. The predicted octanol–water partition coefficient (Wildman–Crippen LogP) is -2.48. The number of phenols is 1. The van der Waals surface area contributed by atoms with Crippen molar-refractivity contribution in [2.24, 2.45) is 5.73 Å². The molecule has 0 radical (unpaired) electrons. The van der Waals surface area contributed by atoms with Gasteiger partial charge in [-0.05, 0) is 37.5 Å². The molecular weight excluding hydrogens is 496 g/mol. The molecule has 15 heteroatoms. The standard InChI is InChI=1S/C22H30N4O11/c1-10(27)18(22(36)37)26-20(34)14(6-7-16(29)30)24-21(35)15(9-17(31)32)25-19(33)13(23)8-11-2-4-12(28)5-3-11/h2-5,10,13-15,18,27-28H,6-9,23H2,1H3,(H,24,35)(H,25,33)(H,26,34)(H,29,30)(H,31,32)(H,36,37). The first kappa shape index (κ1) is 30.8. The first-order valence-corrected chi connectivity index (χ1v) is 11.0. The number of carbonyl (C=O) groups is 6. The number of nitrogens with two attached hydrogens (primary N) is 1. The number of rotatable bonds is 15. The quantitative estimate of drug-likeness (QED) is 0.115.